The Kier molecular flexibility index (Phi) is 5.30. The Hall–Kier alpha value is -2.87. The molecular weight excluding hydrogens is 390 g/mol. The molecule has 3 rings (SSSR count). The molecule has 0 saturated carbocycles. The summed E-state index contributed by atoms with van der Waals surface area (Å²) in [5.74, 6) is 0.534. The van der Waals surface area contributed by atoms with Gasteiger partial charge in [-0.25, -0.2) is 5.43 Å². The first-order valence-corrected chi connectivity index (χ1v) is 8.17. The summed E-state index contributed by atoms with van der Waals surface area (Å²) >= 11 is 3.29. The van der Waals surface area contributed by atoms with Gasteiger partial charge in [-0.2, -0.15) is 5.10 Å². The molecule has 0 saturated heterocycles. The molecular formula is C17H14BrN3O4. The summed E-state index contributed by atoms with van der Waals surface area (Å²) < 4.78 is 11.1. The van der Waals surface area contributed by atoms with E-state index in [0.717, 1.165) is 5.56 Å². The second kappa shape index (κ2) is 7.80. The SMILES string of the molecule is O=C(CNC(=O)c1ccccc1Br)NN=Cc1ccc2c(c1)OCO2. The lowest BCUT2D eigenvalue weighted by atomic mass is 10.2. The number of amides is 2. The minimum Gasteiger partial charge on any atom is -0.454 e. The second-order valence-corrected chi connectivity index (χ2v) is 5.92. The monoisotopic (exact) mass is 403 g/mol. The largest absolute Gasteiger partial charge is 0.454 e. The van der Waals surface area contributed by atoms with E-state index in [1.165, 1.54) is 6.21 Å². The van der Waals surface area contributed by atoms with Crippen molar-refractivity contribution in [3.05, 3.63) is 58.1 Å². The minimum absolute atomic E-state index is 0.182. The van der Waals surface area contributed by atoms with E-state index in [9.17, 15) is 9.59 Å². The highest BCUT2D eigenvalue weighted by Gasteiger charge is 2.13. The first-order valence-electron chi connectivity index (χ1n) is 7.38. The summed E-state index contributed by atoms with van der Waals surface area (Å²) in [6.07, 6.45) is 1.48. The van der Waals surface area contributed by atoms with Crippen LogP contribution in [-0.2, 0) is 4.79 Å². The molecule has 25 heavy (non-hydrogen) atoms. The van der Waals surface area contributed by atoms with E-state index < -0.39 is 5.91 Å². The third-order valence-electron chi connectivity index (χ3n) is 3.33. The van der Waals surface area contributed by atoms with Crippen LogP contribution in [0.5, 0.6) is 11.5 Å². The minimum atomic E-state index is -0.433. The number of hydrogen-bond acceptors (Lipinski definition) is 5. The Morgan fingerprint density at radius 3 is 2.80 bits per heavy atom. The molecule has 7 nitrogen and oxygen atoms in total. The number of fused-ring (bicyclic) bond motifs is 1. The summed E-state index contributed by atoms with van der Waals surface area (Å²) in [6.45, 7) is 0.0164. The van der Waals surface area contributed by atoms with Crippen LogP contribution < -0.4 is 20.2 Å². The Morgan fingerprint density at radius 1 is 1.16 bits per heavy atom. The lowest BCUT2D eigenvalue weighted by molar-refractivity contribution is -0.120. The van der Waals surface area contributed by atoms with Crippen LogP contribution in [0.25, 0.3) is 0 Å². The number of hydrazone groups is 1. The van der Waals surface area contributed by atoms with Crippen LogP contribution in [0, 0.1) is 0 Å². The molecule has 0 atom stereocenters. The van der Waals surface area contributed by atoms with Crippen LogP contribution in [0.15, 0.2) is 52.0 Å². The fourth-order valence-electron chi connectivity index (χ4n) is 2.11. The maximum Gasteiger partial charge on any atom is 0.259 e. The standard InChI is InChI=1S/C17H14BrN3O4/c18-13-4-2-1-3-12(13)17(23)19-9-16(22)21-20-8-11-5-6-14-15(7-11)25-10-24-14/h1-8H,9-10H2,(H,19,23)(H,21,22). The van der Waals surface area contributed by atoms with Crippen molar-refractivity contribution in [2.45, 2.75) is 0 Å². The zero-order valence-electron chi connectivity index (χ0n) is 13.0. The average molecular weight is 404 g/mol. The lowest BCUT2D eigenvalue weighted by Crippen LogP contribution is -2.35. The Bertz CT molecular complexity index is 838. The van der Waals surface area contributed by atoms with Crippen LogP contribution >= 0.6 is 15.9 Å². The highest BCUT2D eigenvalue weighted by molar-refractivity contribution is 9.10. The summed E-state index contributed by atoms with van der Waals surface area (Å²) in [5.41, 5.74) is 3.56. The lowest BCUT2D eigenvalue weighted by Gasteiger charge is -2.05. The molecule has 0 radical (unpaired) electrons. The van der Waals surface area contributed by atoms with Gasteiger partial charge in [0.25, 0.3) is 11.8 Å². The van der Waals surface area contributed by atoms with Gasteiger partial charge in [0.15, 0.2) is 11.5 Å². The number of benzene rings is 2. The summed E-state index contributed by atoms with van der Waals surface area (Å²) in [4.78, 5) is 23.7. The second-order valence-electron chi connectivity index (χ2n) is 5.07. The van der Waals surface area contributed by atoms with Crippen molar-refractivity contribution in [3.63, 3.8) is 0 Å². The van der Waals surface area contributed by atoms with Crippen molar-refractivity contribution in [2.75, 3.05) is 13.3 Å². The van der Waals surface area contributed by atoms with Crippen LogP contribution in [-0.4, -0.2) is 31.4 Å². The summed E-state index contributed by atoms with van der Waals surface area (Å²) in [5, 5.41) is 6.38. The topological polar surface area (TPSA) is 89.0 Å². The van der Waals surface area contributed by atoms with E-state index in [1.807, 2.05) is 0 Å². The van der Waals surface area contributed by atoms with Gasteiger partial charge in [0, 0.05) is 4.47 Å². The predicted molar refractivity (Wildman–Crippen MR) is 94.8 cm³/mol. The molecule has 0 unspecified atom stereocenters. The zero-order valence-corrected chi connectivity index (χ0v) is 14.6. The first kappa shape index (κ1) is 17.0. The number of hydrogen-bond donors (Lipinski definition) is 2. The van der Waals surface area contributed by atoms with Gasteiger partial charge >= 0.3 is 0 Å². The highest BCUT2D eigenvalue weighted by Crippen LogP contribution is 2.31. The molecule has 2 aromatic rings. The van der Waals surface area contributed by atoms with E-state index >= 15 is 0 Å². The van der Waals surface area contributed by atoms with Gasteiger partial charge in [-0.15, -0.1) is 0 Å². The van der Waals surface area contributed by atoms with Gasteiger partial charge < -0.3 is 14.8 Å². The van der Waals surface area contributed by atoms with Crippen molar-refractivity contribution >= 4 is 34.0 Å². The molecule has 2 amide bonds. The smallest absolute Gasteiger partial charge is 0.259 e. The van der Waals surface area contributed by atoms with Gasteiger partial charge in [0.1, 0.15) is 0 Å². The van der Waals surface area contributed by atoms with Crippen LogP contribution in [0.3, 0.4) is 0 Å². The number of rotatable bonds is 5. The summed E-state index contributed by atoms with van der Waals surface area (Å²) in [7, 11) is 0. The zero-order chi connectivity index (χ0) is 17.6. The van der Waals surface area contributed by atoms with Crippen molar-refractivity contribution in [1.29, 1.82) is 0 Å². The van der Waals surface area contributed by atoms with Crippen molar-refractivity contribution in [2.24, 2.45) is 5.10 Å². The van der Waals surface area contributed by atoms with E-state index in [2.05, 4.69) is 31.8 Å². The molecule has 0 bridgehead atoms. The maximum absolute atomic E-state index is 12.0. The molecule has 2 aromatic carbocycles. The fourth-order valence-corrected chi connectivity index (χ4v) is 2.58. The number of halogens is 1. The Labute approximate surface area is 152 Å². The number of nitrogens with zero attached hydrogens (tertiary/aromatic N) is 1. The third kappa shape index (κ3) is 4.36. The van der Waals surface area contributed by atoms with E-state index in [-0.39, 0.29) is 19.2 Å². The molecule has 128 valence electrons. The van der Waals surface area contributed by atoms with Gasteiger partial charge in [0.2, 0.25) is 6.79 Å². The number of nitrogens with one attached hydrogen (secondary N) is 2. The number of ether oxygens (including phenoxy) is 2. The Morgan fingerprint density at radius 2 is 1.96 bits per heavy atom. The molecule has 1 aliphatic rings. The molecule has 1 heterocycles. The normalized spacial score (nSPS) is 12.2. The predicted octanol–water partition coefficient (Wildman–Crippen LogP) is 2.06. The van der Waals surface area contributed by atoms with Crippen LogP contribution in [0.4, 0.5) is 0 Å². The van der Waals surface area contributed by atoms with Crippen LogP contribution in [0.1, 0.15) is 15.9 Å². The van der Waals surface area contributed by atoms with Gasteiger partial charge in [0.05, 0.1) is 18.3 Å². The highest BCUT2D eigenvalue weighted by atomic mass is 79.9. The van der Waals surface area contributed by atoms with Gasteiger partial charge in [-0.05, 0) is 51.8 Å². The third-order valence-corrected chi connectivity index (χ3v) is 4.02. The fraction of sp³-hybridized carbons (Fsp3) is 0.118. The van der Waals surface area contributed by atoms with E-state index in [0.29, 0.717) is 21.5 Å². The van der Waals surface area contributed by atoms with Crippen molar-refractivity contribution in [3.8, 4) is 11.5 Å². The summed E-state index contributed by atoms with van der Waals surface area (Å²) in [6, 6.07) is 12.3. The molecule has 1 aliphatic heterocycles. The molecule has 0 spiro atoms. The molecule has 0 fully saturated rings. The maximum atomic E-state index is 12.0. The van der Waals surface area contributed by atoms with Crippen LogP contribution in [0.2, 0.25) is 0 Å². The first-order chi connectivity index (χ1) is 12.1. The quantitative estimate of drug-likeness (QED) is 0.590. The van der Waals surface area contributed by atoms with Gasteiger partial charge in [-0.1, -0.05) is 12.1 Å². The average Bonchev–Trinajstić information content (AvgIpc) is 3.08. The number of carbonyl (C=O) groups excluding carboxylic acids is 2. The van der Waals surface area contributed by atoms with Gasteiger partial charge in [-0.3, -0.25) is 9.59 Å². The van der Waals surface area contributed by atoms with Crippen molar-refractivity contribution < 1.29 is 19.1 Å². The Balaban J connectivity index is 1.48. The van der Waals surface area contributed by atoms with Crippen molar-refractivity contribution in [1.82, 2.24) is 10.7 Å². The molecule has 2 N–H and O–H groups in total. The molecule has 8 heteroatoms. The number of carbonyl (C=O) groups is 2. The molecule has 0 aliphatic carbocycles. The molecule has 0 aromatic heterocycles. The van der Waals surface area contributed by atoms with E-state index in [4.69, 9.17) is 9.47 Å². The van der Waals surface area contributed by atoms with E-state index in [1.54, 1.807) is 42.5 Å².